The Bertz CT molecular complexity index is 614. The molecule has 1 aromatic heterocycles. The largest absolute Gasteiger partial charge is 0.329 e. The lowest BCUT2D eigenvalue weighted by Crippen LogP contribution is -2.22. The minimum atomic E-state index is -0.00645. The first-order valence-electron chi connectivity index (χ1n) is 6.10. The Morgan fingerprint density at radius 1 is 1.06 bits per heavy atom. The summed E-state index contributed by atoms with van der Waals surface area (Å²) in [6, 6.07) is 9.78. The van der Waals surface area contributed by atoms with E-state index in [4.69, 9.17) is 5.73 Å². The second-order valence-electron chi connectivity index (χ2n) is 4.54. The summed E-state index contributed by atoms with van der Waals surface area (Å²) in [7, 11) is 0. The Morgan fingerprint density at radius 2 is 1.78 bits per heavy atom. The fourth-order valence-electron chi connectivity index (χ4n) is 1.94. The highest BCUT2D eigenvalue weighted by Gasteiger charge is 2.02. The molecule has 0 aliphatic rings. The second kappa shape index (κ2) is 5.19. The summed E-state index contributed by atoms with van der Waals surface area (Å²) in [5.41, 5.74) is 10.2. The third-order valence-electron chi connectivity index (χ3n) is 3.19. The van der Waals surface area contributed by atoms with Crippen molar-refractivity contribution < 1.29 is 0 Å². The number of rotatable bonds is 3. The van der Waals surface area contributed by atoms with E-state index in [0.29, 0.717) is 13.1 Å². The highest BCUT2D eigenvalue weighted by atomic mass is 16.1. The molecule has 1 aromatic carbocycles. The molecular weight excluding hydrogens is 224 g/mol. The van der Waals surface area contributed by atoms with Crippen molar-refractivity contribution in [1.82, 2.24) is 4.57 Å². The van der Waals surface area contributed by atoms with Crippen LogP contribution in [0.15, 0.2) is 41.3 Å². The molecule has 0 amide bonds. The lowest BCUT2D eigenvalue weighted by atomic mass is 10.0. The Labute approximate surface area is 107 Å². The topological polar surface area (TPSA) is 48.0 Å². The third kappa shape index (κ3) is 2.51. The summed E-state index contributed by atoms with van der Waals surface area (Å²) in [4.78, 5) is 11.6. The molecule has 3 heteroatoms. The molecule has 94 valence electrons. The van der Waals surface area contributed by atoms with E-state index in [0.717, 1.165) is 11.1 Å². The summed E-state index contributed by atoms with van der Waals surface area (Å²) in [5.74, 6) is 0. The van der Waals surface area contributed by atoms with Crippen molar-refractivity contribution in [3.8, 4) is 11.1 Å². The first-order chi connectivity index (χ1) is 8.61. The van der Waals surface area contributed by atoms with Crippen LogP contribution < -0.4 is 11.3 Å². The van der Waals surface area contributed by atoms with Crippen molar-refractivity contribution in [3.05, 3.63) is 58.0 Å². The van der Waals surface area contributed by atoms with Gasteiger partial charge in [0.15, 0.2) is 0 Å². The average molecular weight is 242 g/mol. The number of nitrogens with two attached hydrogens (primary N) is 1. The lowest BCUT2D eigenvalue weighted by Gasteiger charge is -2.09. The van der Waals surface area contributed by atoms with Crippen molar-refractivity contribution in [1.29, 1.82) is 0 Å². The van der Waals surface area contributed by atoms with E-state index in [-0.39, 0.29) is 5.56 Å². The molecule has 0 unspecified atom stereocenters. The zero-order valence-electron chi connectivity index (χ0n) is 10.8. The van der Waals surface area contributed by atoms with Gasteiger partial charge in [-0.1, -0.05) is 18.2 Å². The summed E-state index contributed by atoms with van der Waals surface area (Å²) in [5, 5.41) is 0. The molecule has 0 saturated carbocycles. The maximum absolute atomic E-state index is 11.6. The highest BCUT2D eigenvalue weighted by Crippen LogP contribution is 2.20. The molecule has 1 heterocycles. The molecule has 0 aliphatic carbocycles. The van der Waals surface area contributed by atoms with Gasteiger partial charge in [0.05, 0.1) is 0 Å². The Hall–Kier alpha value is -1.87. The monoisotopic (exact) mass is 242 g/mol. The third-order valence-corrected chi connectivity index (χ3v) is 3.19. The van der Waals surface area contributed by atoms with Crippen LogP contribution in [0.4, 0.5) is 0 Å². The molecular formula is C15H18N2O. The normalized spacial score (nSPS) is 10.6. The molecule has 3 nitrogen and oxygen atoms in total. The van der Waals surface area contributed by atoms with Crippen LogP contribution in [0.5, 0.6) is 0 Å². The van der Waals surface area contributed by atoms with Gasteiger partial charge in [-0.15, -0.1) is 0 Å². The van der Waals surface area contributed by atoms with Gasteiger partial charge in [0.1, 0.15) is 0 Å². The molecule has 2 aromatic rings. The summed E-state index contributed by atoms with van der Waals surface area (Å²) in [6.45, 7) is 5.21. The second-order valence-corrected chi connectivity index (χ2v) is 4.54. The van der Waals surface area contributed by atoms with Gasteiger partial charge in [0.25, 0.3) is 5.56 Å². The predicted octanol–water partition coefficient (Wildman–Crippen LogP) is 2.09. The van der Waals surface area contributed by atoms with Gasteiger partial charge in [-0.3, -0.25) is 4.79 Å². The van der Waals surface area contributed by atoms with Crippen LogP contribution in [0.3, 0.4) is 0 Å². The molecule has 0 spiro atoms. The minimum absolute atomic E-state index is 0.00645. The number of nitrogens with zero attached hydrogens (tertiary/aromatic N) is 1. The highest BCUT2D eigenvalue weighted by molar-refractivity contribution is 5.63. The van der Waals surface area contributed by atoms with Gasteiger partial charge in [-0.05, 0) is 42.2 Å². The lowest BCUT2D eigenvalue weighted by molar-refractivity contribution is 0.682. The van der Waals surface area contributed by atoms with Crippen LogP contribution in [0.2, 0.25) is 0 Å². The average Bonchev–Trinajstić information content (AvgIpc) is 2.36. The van der Waals surface area contributed by atoms with Crippen molar-refractivity contribution in [2.24, 2.45) is 5.73 Å². The SMILES string of the molecule is Cc1ccc(-c2ccc(=O)n(CCN)c2)cc1C. The first-order valence-corrected chi connectivity index (χ1v) is 6.10. The number of aryl methyl sites for hydroxylation is 2. The number of hydrogen-bond donors (Lipinski definition) is 1. The summed E-state index contributed by atoms with van der Waals surface area (Å²) < 4.78 is 1.66. The Morgan fingerprint density at radius 3 is 2.44 bits per heavy atom. The maximum Gasteiger partial charge on any atom is 0.250 e. The number of pyridine rings is 1. The van der Waals surface area contributed by atoms with Gasteiger partial charge in [-0.2, -0.15) is 0 Å². The van der Waals surface area contributed by atoms with Gasteiger partial charge >= 0.3 is 0 Å². The van der Waals surface area contributed by atoms with Gasteiger partial charge in [0, 0.05) is 25.4 Å². The van der Waals surface area contributed by atoms with Crippen LogP contribution >= 0.6 is 0 Å². The first kappa shape index (κ1) is 12.6. The zero-order chi connectivity index (χ0) is 13.1. The fraction of sp³-hybridized carbons (Fsp3) is 0.267. The van der Waals surface area contributed by atoms with E-state index in [1.165, 1.54) is 11.1 Å². The molecule has 2 rings (SSSR count). The van der Waals surface area contributed by atoms with E-state index < -0.39 is 0 Å². The van der Waals surface area contributed by atoms with Gasteiger partial charge in [0.2, 0.25) is 0 Å². The molecule has 0 saturated heterocycles. The quantitative estimate of drug-likeness (QED) is 0.896. The van der Waals surface area contributed by atoms with Crippen LogP contribution in [-0.4, -0.2) is 11.1 Å². The van der Waals surface area contributed by atoms with Crippen molar-refractivity contribution in [2.45, 2.75) is 20.4 Å². The molecule has 2 N–H and O–H groups in total. The van der Waals surface area contributed by atoms with Crippen molar-refractivity contribution in [2.75, 3.05) is 6.54 Å². The van der Waals surface area contributed by atoms with Crippen molar-refractivity contribution >= 4 is 0 Å². The Balaban J connectivity index is 2.47. The summed E-state index contributed by atoms with van der Waals surface area (Å²) in [6.07, 6.45) is 1.87. The molecule has 0 aliphatic heterocycles. The fourth-order valence-corrected chi connectivity index (χ4v) is 1.94. The van der Waals surface area contributed by atoms with E-state index in [2.05, 4.69) is 32.0 Å². The van der Waals surface area contributed by atoms with Crippen molar-refractivity contribution in [3.63, 3.8) is 0 Å². The van der Waals surface area contributed by atoms with Crippen LogP contribution in [0.25, 0.3) is 11.1 Å². The number of benzene rings is 1. The van der Waals surface area contributed by atoms with E-state index >= 15 is 0 Å². The smallest absolute Gasteiger partial charge is 0.250 e. The van der Waals surface area contributed by atoms with E-state index in [9.17, 15) is 4.79 Å². The van der Waals surface area contributed by atoms with Crippen LogP contribution in [0, 0.1) is 13.8 Å². The molecule has 18 heavy (non-hydrogen) atoms. The zero-order valence-corrected chi connectivity index (χ0v) is 10.8. The van der Waals surface area contributed by atoms with Crippen LogP contribution in [0.1, 0.15) is 11.1 Å². The maximum atomic E-state index is 11.6. The minimum Gasteiger partial charge on any atom is -0.329 e. The van der Waals surface area contributed by atoms with Crippen LogP contribution in [-0.2, 0) is 6.54 Å². The molecule has 0 radical (unpaired) electrons. The summed E-state index contributed by atoms with van der Waals surface area (Å²) >= 11 is 0. The standard InChI is InChI=1S/C15H18N2O/c1-11-3-4-13(9-12(11)2)14-5-6-15(18)17(10-14)8-7-16/h3-6,9-10H,7-8,16H2,1-2H3. The number of hydrogen-bond acceptors (Lipinski definition) is 2. The predicted molar refractivity (Wildman–Crippen MR) is 74.7 cm³/mol. The Kier molecular flexibility index (Phi) is 3.63. The van der Waals surface area contributed by atoms with Gasteiger partial charge in [-0.25, -0.2) is 0 Å². The number of aromatic nitrogens is 1. The van der Waals surface area contributed by atoms with E-state index in [1.807, 2.05) is 12.3 Å². The molecule has 0 fully saturated rings. The van der Waals surface area contributed by atoms with Gasteiger partial charge < -0.3 is 10.3 Å². The molecule has 0 atom stereocenters. The van der Waals surface area contributed by atoms with E-state index in [1.54, 1.807) is 10.6 Å². The molecule has 0 bridgehead atoms.